The number of nitrogens with one attached hydrogen (secondary N) is 1. The smallest absolute Gasteiger partial charge is 0.122 e. The number of nitrogens with zero attached hydrogens (tertiary/aromatic N) is 3. The number of likely N-dealkylation sites (tertiary alicyclic amines) is 1. The van der Waals surface area contributed by atoms with E-state index in [-0.39, 0.29) is 5.54 Å². The molecular weight excluding hydrogens is 224 g/mol. The molecule has 1 saturated carbocycles. The molecule has 0 amide bonds. The molecule has 18 heavy (non-hydrogen) atoms. The summed E-state index contributed by atoms with van der Waals surface area (Å²) in [7, 11) is 6.21. The van der Waals surface area contributed by atoms with Crippen LogP contribution in [0.1, 0.15) is 25.7 Å². The van der Waals surface area contributed by atoms with E-state index >= 15 is 0 Å². The van der Waals surface area contributed by atoms with Crippen molar-refractivity contribution in [2.24, 2.45) is 5.92 Å². The Kier molecular flexibility index (Phi) is 4.26. The van der Waals surface area contributed by atoms with E-state index in [0.717, 1.165) is 19.6 Å². The van der Waals surface area contributed by atoms with E-state index in [9.17, 15) is 5.26 Å². The molecule has 2 fully saturated rings. The van der Waals surface area contributed by atoms with Crippen molar-refractivity contribution < 1.29 is 0 Å². The van der Waals surface area contributed by atoms with E-state index in [4.69, 9.17) is 0 Å². The number of hydrogen-bond donors (Lipinski definition) is 1. The van der Waals surface area contributed by atoms with Gasteiger partial charge in [0.05, 0.1) is 6.07 Å². The summed E-state index contributed by atoms with van der Waals surface area (Å²) in [4.78, 5) is 4.78. The fraction of sp³-hybridized carbons (Fsp3) is 0.929. The number of nitriles is 1. The van der Waals surface area contributed by atoms with E-state index in [0.29, 0.717) is 12.0 Å². The molecule has 0 aromatic carbocycles. The Balaban J connectivity index is 2.00. The highest BCUT2D eigenvalue weighted by atomic mass is 15.2. The molecule has 0 aromatic heterocycles. The van der Waals surface area contributed by atoms with Crippen molar-refractivity contribution in [2.45, 2.75) is 37.3 Å². The zero-order valence-electron chi connectivity index (χ0n) is 11.9. The molecule has 1 aliphatic carbocycles. The minimum atomic E-state index is -0.311. The quantitative estimate of drug-likeness (QED) is 0.761. The monoisotopic (exact) mass is 250 g/mol. The van der Waals surface area contributed by atoms with Crippen molar-refractivity contribution in [2.75, 3.05) is 40.8 Å². The van der Waals surface area contributed by atoms with Gasteiger partial charge in [-0.3, -0.25) is 4.90 Å². The molecule has 0 bridgehead atoms. The van der Waals surface area contributed by atoms with Crippen molar-refractivity contribution in [3.05, 3.63) is 0 Å². The summed E-state index contributed by atoms with van der Waals surface area (Å²) in [6.45, 7) is 3.15. The van der Waals surface area contributed by atoms with Gasteiger partial charge in [-0.2, -0.15) is 5.26 Å². The van der Waals surface area contributed by atoms with Gasteiger partial charge in [-0.25, -0.2) is 0 Å². The minimum Gasteiger partial charge on any atom is -0.308 e. The highest BCUT2D eigenvalue weighted by Gasteiger charge is 2.46. The van der Waals surface area contributed by atoms with E-state index in [1.165, 1.54) is 25.7 Å². The van der Waals surface area contributed by atoms with Crippen LogP contribution in [0.25, 0.3) is 0 Å². The molecule has 4 heteroatoms. The number of hydrogen-bond acceptors (Lipinski definition) is 4. The topological polar surface area (TPSA) is 42.3 Å². The highest BCUT2D eigenvalue weighted by molar-refractivity contribution is 5.16. The average molecular weight is 250 g/mol. The fourth-order valence-electron chi connectivity index (χ4n) is 3.22. The lowest BCUT2D eigenvalue weighted by atomic mass is 9.94. The predicted molar refractivity (Wildman–Crippen MR) is 73.3 cm³/mol. The van der Waals surface area contributed by atoms with Crippen LogP contribution in [0, 0.1) is 17.2 Å². The third-order valence-corrected chi connectivity index (χ3v) is 4.45. The molecule has 0 spiro atoms. The molecule has 2 aliphatic rings. The molecule has 4 nitrogen and oxygen atoms in total. The summed E-state index contributed by atoms with van der Waals surface area (Å²) >= 11 is 0. The normalized spacial score (nSPS) is 28.3. The van der Waals surface area contributed by atoms with E-state index < -0.39 is 0 Å². The summed E-state index contributed by atoms with van der Waals surface area (Å²) in [5.41, 5.74) is -0.311. The molecule has 1 aliphatic heterocycles. The Hall–Kier alpha value is -0.630. The average Bonchev–Trinajstić information content (AvgIpc) is 3.11. The Labute approximate surface area is 111 Å². The second-order valence-corrected chi connectivity index (χ2v) is 6.14. The lowest BCUT2D eigenvalue weighted by molar-refractivity contribution is 0.163. The fourth-order valence-corrected chi connectivity index (χ4v) is 3.22. The Morgan fingerprint density at radius 1 is 1.39 bits per heavy atom. The largest absolute Gasteiger partial charge is 0.308 e. The molecule has 2 rings (SSSR count). The molecule has 2 unspecified atom stereocenters. The van der Waals surface area contributed by atoms with Gasteiger partial charge in [0.25, 0.3) is 0 Å². The predicted octanol–water partition coefficient (Wildman–Crippen LogP) is 0.904. The summed E-state index contributed by atoms with van der Waals surface area (Å²) in [5.74, 6) is 0.563. The van der Waals surface area contributed by atoms with Gasteiger partial charge < -0.3 is 10.2 Å². The Morgan fingerprint density at radius 2 is 2.11 bits per heavy atom. The third-order valence-electron chi connectivity index (χ3n) is 4.45. The first kappa shape index (κ1) is 13.8. The van der Waals surface area contributed by atoms with Crippen molar-refractivity contribution in [1.29, 1.82) is 5.26 Å². The summed E-state index contributed by atoms with van der Waals surface area (Å²) < 4.78 is 0. The molecular formula is C14H26N4. The Bertz CT molecular complexity index is 318. The van der Waals surface area contributed by atoms with Gasteiger partial charge in [-0.05, 0) is 59.3 Å². The maximum Gasteiger partial charge on any atom is 0.122 e. The molecule has 1 N–H and O–H groups in total. The van der Waals surface area contributed by atoms with E-state index in [1.54, 1.807) is 0 Å². The van der Waals surface area contributed by atoms with Gasteiger partial charge in [-0.1, -0.05) is 0 Å². The van der Waals surface area contributed by atoms with Crippen LogP contribution in [0.15, 0.2) is 0 Å². The second-order valence-electron chi connectivity index (χ2n) is 6.14. The van der Waals surface area contributed by atoms with Crippen LogP contribution in [-0.2, 0) is 0 Å². The summed E-state index contributed by atoms with van der Waals surface area (Å²) in [5, 5.41) is 12.9. The standard InChI is InChI=1S/C14H26N4/c1-16-14(10-15,12-6-7-12)11-18-8-4-5-13(18)9-17(2)3/h12-13,16H,4-9,11H2,1-3H3. The molecule has 0 aromatic rings. The molecule has 1 heterocycles. The van der Waals surface area contributed by atoms with Gasteiger partial charge in [0.2, 0.25) is 0 Å². The summed E-state index contributed by atoms with van der Waals surface area (Å²) in [6, 6.07) is 3.19. The van der Waals surface area contributed by atoms with Gasteiger partial charge in [0, 0.05) is 19.1 Å². The van der Waals surface area contributed by atoms with E-state index in [2.05, 4.69) is 35.3 Å². The zero-order valence-corrected chi connectivity index (χ0v) is 11.9. The van der Waals surface area contributed by atoms with Crippen LogP contribution in [-0.4, -0.2) is 62.2 Å². The van der Waals surface area contributed by atoms with Gasteiger partial charge in [0.15, 0.2) is 0 Å². The van der Waals surface area contributed by atoms with Crippen LogP contribution in [0.5, 0.6) is 0 Å². The lowest BCUT2D eigenvalue weighted by Crippen LogP contribution is -2.55. The maximum atomic E-state index is 9.57. The van der Waals surface area contributed by atoms with Crippen LogP contribution in [0.3, 0.4) is 0 Å². The van der Waals surface area contributed by atoms with Crippen molar-refractivity contribution >= 4 is 0 Å². The molecule has 0 radical (unpaired) electrons. The first-order valence-corrected chi connectivity index (χ1v) is 7.10. The van der Waals surface area contributed by atoms with Crippen molar-refractivity contribution in [1.82, 2.24) is 15.1 Å². The SMILES string of the molecule is CNC(C#N)(CN1CCCC1CN(C)C)C1CC1. The van der Waals surface area contributed by atoms with Gasteiger partial charge >= 0.3 is 0 Å². The van der Waals surface area contributed by atoms with Gasteiger partial charge in [0.1, 0.15) is 5.54 Å². The number of rotatable bonds is 6. The van der Waals surface area contributed by atoms with Crippen LogP contribution in [0.4, 0.5) is 0 Å². The van der Waals surface area contributed by atoms with Crippen LogP contribution in [0.2, 0.25) is 0 Å². The first-order chi connectivity index (χ1) is 8.61. The zero-order chi connectivity index (χ0) is 13.2. The van der Waals surface area contributed by atoms with Crippen LogP contribution < -0.4 is 5.32 Å². The molecule has 102 valence electrons. The number of likely N-dealkylation sites (N-methyl/N-ethyl adjacent to an activating group) is 2. The molecule has 2 atom stereocenters. The minimum absolute atomic E-state index is 0.311. The van der Waals surface area contributed by atoms with Crippen LogP contribution >= 0.6 is 0 Å². The van der Waals surface area contributed by atoms with Crippen molar-refractivity contribution in [3.63, 3.8) is 0 Å². The van der Waals surface area contributed by atoms with E-state index in [1.807, 2.05) is 7.05 Å². The highest BCUT2D eigenvalue weighted by Crippen LogP contribution is 2.40. The molecule has 1 saturated heterocycles. The maximum absolute atomic E-state index is 9.57. The van der Waals surface area contributed by atoms with Crippen molar-refractivity contribution in [3.8, 4) is 6.07 Å². The lowest BCUT2D eigenvalue weighted by Gasteiger charge is -2.35. The summed E-state index contributed by atoms with van der Waals surface area (Å²) in [6.07, 6.45) is 4.96. The second kappa shape index (κ2) is 5.56. The first-order valence-electron chi connectivity index (χ1n) is 7.10. The Morgan fingerprint density at radius 3 is 2.61 bits per heavy atom. The third kappa shape index (κ3) is 2.85. The van der Waals surface area contributed by atoms with Gasteiger partial charge in [-0.15, -0.1) is 0 Å².